The molecule has 2 aliphatic rings. The Hall–Kier alpha value is -2.41. The number of benzene rings is 2. The van der Waals surface area contributed by atoms with E-state index >= 15 is 0 Å². The second-order valence-corrected chi connectivity index (χ2v) is 8.79. The van der Waals surface area contributed by atoms with Crippen molar-refractivity contribution in [2.24, 2.45) is 0 Å². The van der Waals surface area contributed by atoms with Gasteiger partial charge in [0.2, 0.25) is 11.8 Å². The molecule has 0 aromatic heterocycles. The Morgan fingerprint density at radius 1 is 1.10 bits per heavy atom. The summed E-state index contributed by atoms with van der Waals surface area (Å²) in [4.78, 5) is 27.0. The van der Waals surface area contributed by atoms with Gasteiger partial charge in [0, 0.05) is 49.7 Å². The highest BCUT2D eigenvalue weighted by molar-refractivity contribution is 6.30. The highest BCUT2D eigenvalue weighted by Crippen LogP contribution is 2.26. The third-order valence-corrected chi connectivity index (χ3v) is 6.38. The van der Waals surface area contributed by atoms with E-state index in [4.69, 9.17) is 11.6 Å². The zero-order valence-electron chi connectivity index (χ0n) is 17.5. The summed E-state index contributed by atoms with van der Waals surface area (Å²) in [6.07, 6.45) is 1.97. The summed E-state index contributed by atoms with van der Waals surface area (Å²) in [5, 5.41) is 10.3. The molecular formula is C24H29ClN4O2. The van der Waals surface area contributed by atoms with Crippen molar-refractivity contribution >= 4 is 23.4 Å². The Morgan fingerprint density at radius 2 is 1.90 bits per heavy atom. The quantitative estimate of drug-likeness (QED) is 0.589. The van der Waals surface area contributed by atoms with Gasteiger partial charge in [-0.05, 0) is 36.1 Å². The lowest BCUT2D eigenvalue weighted by molar-refractivity contribution is -0.129. The standard InChI is InChI=1S/C24H29ClN4O2/c25-19-8-4-7-18(11-19)14-26-20-12-22-24(31)28-15-21(29(22)16-20)9-10-23(30)27-13-17-5-2-1-3-6-17/h1-8,11,20-22,26H,9-10,12-16H2,(H,27,30)(H,28,31). The van der Waals surface area contributed by atoms with Crippen LogP contribution in [0.3, 0.4) is 0 Å². The molecule has 0 radical (unpaired) electrons. The van der Waals surface area contributed by atoms with Crippen LogP contribution in [-0.2, 0) is 22.7 Å². The molecule has 2 fully saturated rings. The lowest BCUT2D eigenvalue weighted by Crippen LogP contribution is -2.58. The maximum atomic E-state index is 12.4. The van der Waals surface area contributed by atoms with Crippen LogP contribution in [0.5, 0.6) is 0 Å². The largest absolute Gasteiger partial charge is 0.353 e. The van der Waals surface area contributed by atoms with Crippen LogP contribution in [0.15, 0.2) is 54.6 Å². The number of hydrogen-bond donors (Lipinski definition) is 3. The van der Waals surface area contributed by atoms with E-state index in [1.54, 1.807) is 0 Å². The summed E-state index contributed by atoms with van der Waals surface area (Å²) in [5.74, 6) is 0.143. The van der Waals surface area contributed by atoms with Gasteiger partial charge in [-0.25, -0.2) is 0 Å². The second-order valence-electron chi connectivity index (χ2n) is 8.36. The zero-order chi connectivity index (χ0) is 21.6. The second kappa shape index (κ2) is 10.3. The van der Waals surface area contributed by atoms with Gasteiger partial charge in [-0.15, -0.1) is 0 Å². The molecule has 2 amide bonds. The van der Waals surface area contributed by atoms with Gasteiger partial charge in [-0.1, -0.05) is 54.1 Å². The highest BCUT2D eigenvalue weighted by Gasteiger charge is 2.43. The van der Waals surface area contributed by atoms with Crippen molar-refractivity contribution in [3.63, 3.8) is 0 Å². The first-order valence-corrected chi connectivity index (χ1v) is 11.3. The predicted octanol–water partition coefficient (Wildman–Crippen LogP) is 2.47. The summed E-state index contributed by atoms with van der Waals surface area (Å²) in [6, 6.07) is 18.0. The molecule has 4 rings (SSSR count). The molecule has 2 aliphatic heterocycles. The van der Waals surface area contributed by atoms with Gasteiger partial charge in [-0.2, -0.15) is 0 Å². The van der Waals surface area contributed by atoms with Crippen LogP contribution >= 0.6 is 11.6 Å². The first-order chi connectivity index (χ1) is 15.1. The van der Waals surface area contributed by atoms with E-state index in [0.29, 0.717) is 19.5 Å². The Kier molecular flexibility index (Phi) is 7.22. The molecule has 7 heteroatoms. The topological polar surface area (TPSA) is 73.5 Å². The fourth-order valence-electron chi connectivity index (χ4n) is 4.48. The number of halogens is 1. The van der Waals surface area contributed by atoms with Crippen molar-refractivity contribution in [3.05, 3.63) is 70.7 Å². The Morgan fingerprint density at radius 3 is 2.71 bits per heavy atom. The first kappa shape index (κ1) is 21.8. The number of rotatable bonds is 8. The van der Waals surface area contributed by atoms with Crippen LogP contribution in [0.4, 0.5) is 0 Å². The van der Waals surface area contributed by atoms with Crippen molar-refractivity contribution in [3.8, 4) is 0 Å². The van der Waals surface area contributed by atoms with Crippen molar-refractivity contribution in [1.82, 2.24) is 20.9 Å². The summed E-state index contributed by atoms with van der Waals surface area (Å²) < 4.78 is 0. The number of carbonyl (C=O) groups excluding carboxylic acids is 2. The molecule has 0 aliphatic carbocycles. The highest BCUT2D eigenvalue weighted by atomic mass is 35.5. The van der Waals surface area contributed by atoms with Crippen LogP contribution in [0.2, 0.25) is 5.02 Å². The molecule has 31 heavy (non-hydrogen) atoms. The van der Waals surface area contributed by atoms with E-state index in [1.165, 1.54) is 0 Å². The van der Waals surface area contributed by atoms with Gasteiger partial charge in [0.05, 0.1) is 6.04 Å². The normalized spacial score (nSPS) is 23.3. The summed E-state index contributed by atoms with van der Waals surface area (Å²) in [6.45, 7) is 2.68. The van der Waals surface area contributed by atoms with Gasteiger partial charge in [0.15, 0.2) is 0 Å². The minimum Gasteiger partial charge on any atom is -0.353 e. The number of nitrogens with zero attached hydrogens (tertiary/aromatic N) is 1. The molecule has 164 valence electrons. The zero-order valence-corrected chi connectivity index (χ0v) is 18.3. The number of hydrogen-bond acceptors (Lipinski definition) is 4. The van der Waals surface area contributed by atoms with Crippen LogP contribution in [0.25, 0.3) is 0 Å². The van der Waals surface area contributed by atoms with E-state index in [1.807, 2.05) is 54.6 Å². The molecule has 3 unspecified atom stereocenters. The molecule has 2 saturated heterocycles. The first-order valence-electron chi connectivity index (χ1n) is 10.9. The van der Waals surface area contributed by atoms with Gasteiger partial charge in [0.25, 0.3) is 0 Å². The predicted molar refractivity (Wildman–Crippen MR) is 122 cm³/mol. The van der Waals surface area contributed by atoms with Crippen LogP contribution < -0.4 is 16.0 Å². The van der Waals surface area contributed by atoms with Crippen molar-refractivity contribution in [2.45, 2.75) is 50.5 Å². The van der Waals surface area contributed by atoms with Gasteiger partial charge < -0.3 is 16.0 Å². The van der Waals surface area contributed by atoms with Gasteiger partial charge in [-0.3, -0.25) is 14.5 Å². The van der Waals surface area contributed by atoms with Crippen LogP contribution in [-0.4, -0.2) is 47.9 Å². The smallest absolute Gasteiger partial charge is 0.237 e. The van der Waals surface area contributed by atoms with E-state index in [9.17, 15) is 9.59 Å². The Balaban J connectivity index is 1.26. The van der Waals surface area contributed by atoms with Crippen molar-refractivity contribution in [2.75, 3.05) is 13.1 Å². The van der Waals surface area contributed by atoms with E-state index in [2.05, 4.69) is 20.9 Å². The lowest BCUT2D eigenvalue weighted by Gasteiger charge is -2.37. The Labute approximate surface area is 188 Å². The lowest BCUT2D eigenvalue weighted by atomic mass is 10.0. The van der Waals surface area contributed by atoms with Crippen LogP contribution in [0.1, 0.15) is 30.4 Å². The minimum atomic E-state index is -0.122. The van der Waals surface area contributed by atoms with E-state index in [0.717, 1.165) is 42.1 Å². The molecule has 2 aromatic carbocycles. The average Bonchev–Trinajstić information content (AvgIpc) is 3.22. The van der Waals surface area contributed by atoms with Crippen molar-refractivity contribution in [1.29, 1.82) is 0 Å². The number of amides is 2. The van der Waals surface area contributed by atoms with Crippen molar-refractivity contribution < 1.29 is 9.59 Å². The summed E-state index contributed by atoms with van der Waals surface area (Å²) >= 11 is 6.07. The molecule has 2 aromatic rings. The molecule has 0 saturated carbocycles. The van der Waals surface area contributed by atoms with E-state index < -0.39 is 0 Å². The number of carbonyl (C=O) groups is 2. The summed E-state index contributed by atoms with van der Waals surface area (Å²) in [5.41, 5.74) is 2.22. The number of fused-ring (bicyclic) bond motifs is 1. The maximum absolute atomic E-state index is 12.4. The third-order valence-electron chi connectivity index (χ3n) is 6.14. The average molecular weight is 441 g/mol. The third kappa shape index (κ3) is 5.85. The molecule has 0 spiro atoms. The van der Waals surface area contributed by atoms with Gasteiger partial charge >= 0.3 is 0 Å². The molecule has 2 heterocycles. The number of piperazine rings is 1. The monoisotopic (exact) mass is 440 g/mol. The summed E-state index contributed by atoms with van der Waals surface area (Å²) in [7, 11) is 0. The Bertz CT molecular complexity index is 907. The SMILES string of the molecule is O=C(CCC1CNC(=O)C2CC(NCc3cccc(Cl)c3)CN12)NCc1ccccc1. The maximum Gasteiger partial charge on any atom is 0.237 e. The molecule has 0 bridgehead atoms. The molecule has 6 nitrogen and oxygen atoms in total. The molecule has 3 atom stereocenters. The fraction of sp³-hybridized carbons (Fsp3) is 0.417. The van der Waals surface area contributed by atoms with E-state index in [-0.39, 0.29) is 29.9 Å². The minimum absolute atomic E-state index is 0.0483. The molecular weight excluding hydrogens is 412 g/mol. The number of nitrogens with one attached hydrogen (secondary N) is 3. The fourth-order valence-corrected chi connectivity index (χ4v) is 4.70. The van der Waals surface area contributed by atoms with Crippen LogP contribution in [0, 0.1) is 0 Å². The van der Waals surface area contributed by atoms with Gasteiger partial charge in [0.1, 0.15) is 0 Å². The molecule has 3 N–H and O–H groups in total.